The molecule has 1 saturated heterocycles. The number of nitrogens with one attached hydrogen (secondary N) is 1. The molecule has 0 spiro atoms. The second kappa shape index (κ2) is 10.6. The molecular weight excluding hydrogens is 538 g/mol. The molecular formula is C30H31N7O3S. The summed E-state index contributed by atoms with van der Waals surface area (Å²) < 4.78 is 8.12. The van der Waals surface area contributed by atoms with Crippen LogP contribution in [0, 0.1) is 0 Å². The maximum atomic E-state index is 14.0. The fourth-order valence-corrected chi connectivity index (χ4v) is 6.41. The Morgan fingerprint density at radius 1 is 1.02 bits per heavy atom. The van der Waals surface area contributed by atoms with Gasteiger partial charge in [-0.3, -0.25) is 19.8 Å². The van der Waals surface area contributed by atoms with Crippen LogP contribution >= 0.6 is 11.3 Å². The number of nitrogens with zero attached hydrogens (tertiary/aromatic N) is 6. The van der Waals surface area contributed by atoms with Crippen molar-refractivity contribution in [3.05, 3.63) is 77.3 Å². The summed E-state index contributed by atoms with van der Waals surface area (Å²) in [5, 5.41) is 5.15. The lowest BCUT2D eigenvalue weighted by Gasteiger charge is -2.34. The van der Waals surface area contributed by atoms with Gasteiger partial charge in [0.25, 0.3) is 11.8 Å². The number of carbonyl (C=O) groups is 2. The first-order valence-electron chi connectivity index (χ1n) is 13.9. The summed E-state index contributed by atoms with van der Waals surface area (Å²) in [7, 11) is 2.15. The number of aromatic nitrogens is 3. The predicted molar refractivity (Wildman–Crippen MR) is 157 cm³/mol. The van der Waals surface area contributed by atoms with Crippen LogP contribution in [0.25, 0.3) is 11.1 Å². The maximum absolute atomic E-state index is 14.0. The number of amides is 2. The number of fused-ring (bicyclic) bond motifs is 2. The van der Waals surface area contributed by atoms with E-state index >= 15 is 0 Å². The molecule has 5 heterocycles. The minimum atomic E-state index is -0.944. The van der Waals surface area contributed by atoms with E-state index in [4.69, 9.17) is 4.74 Å². The van der Waals surface area contributed by atoms with Gasteiger partial charge in [0.05, 0.1) is 17.6 Å². The zero-order chi connectivity index (χ0) is 27.9. The highest BCUT2D eigenvalue weighted by atomic mass is 32.1. The third-order valence-corrected chi connectivity index (χ3v) is 8.86. The van der Waals surface area contributed by atoms with Crippen molar-refractivity contribution in [2.45, 2.75) is 25.4 Å². The zero-order valence-electron chi connectivity index (χ0n) is 22.8. The van der Waals surface area contributed by atoms with Crippen molar-refractivity contribution in [3.63, 3.8) is 0 Å². The van der Waals surface area contributed by atoms with Crippen molar-refractivity contribution in [2.75, 3.05) is 50.2 Å². The molecule has 2 aromatic carbocycles. The van der Waals surface area contributed by atoms with Gasteiger partial charge in [-0.2, -0.15) is 0 Å². The molecule has 4 aromatic rings. The predicted octanol–water partition coefficient (Wildman–Crippen LogP) is 3.88. The van der Waals surface area contributed by atoms with Gasteiger partial charge in [-0.1, -0.05) is 18.2 Å². The molecule has 2 amide bonds. The Bertz CT molecular complexity index is 1580. The Hall–Kier alpha value is -4.22. The van der Waals surface area contributed by atoms with Gasteiger partial charge in [-0.25, -0.2) is 9.97 Å². The molecule has 3 aliphatic heterocycles. The average molecular weight is 570 g/mol. The van der Waals surface area contributed by atoms with Crippen LogP contribution < -0.4 is 15.0 Å². The van der Waals surface area contributed by atoms with E-state index in [0.29, 0.717) is 22.1 Å². The Balaban J connectivity index is 1.18. The van der Waals surface area contributed by atoms with Crippen LogP contribution in [0.1, 0.15) is 34.2 Å². The Kier molecular flexibility index (Phi) is 6.68. The summed E-state index contributed by atoms with van der Waals surface area (Å²) in [5.74, 6) is -0.108. The Morgan fingerprint density at radius 3 is 2.61 bits per heavy atom. The second-order valence-electron chi connectivity index (χ2n) is 10.7. The van der Waals surface area contributed by atoms with Crippen molar-refractivity contribution >= 4 is 34.0 Å². The van der Waals surface area contributed by atoms with Crippen LogP contribution in [0.5, 0.6) is 5.75 Å². The normalized spacial score (nSPS) is 17.6. The molecule has 0 bridgehead atoms. The fraction of sp³-hybridized carbons (Fsp3) is 0.333. The number of carbonyl (C=O) groups excluding carboxylic acids is 2. The van der Waals surface area contributed by atoms with Gasteiger partial charge in [0.2, 0.25) is 0 Å². The zero-order valence-corrected chi connectivity index (χ0v) is 23.6. The summed E-state index contributed by atoms with van der Waals surface area (Å²) >= 11 is 1.33. The number of ether oxygens (including phenoxy) is 1. The summed E-state index contributed by atoms with van der Waals surface area (Å²) in [5.41, 5.74) is 5.14. The molecule has 0 aliphatic carbocycles. The Morgan fingerprint density at radius 2 is 1.83 bits per heavy atom. The number of likely N-dealkylation sites (N-methyl/N-ethyl adjacent to an activating group) is 1. The van der Waals surface area contributed by atoms with Crippen LogP contribution in [0.2, 0.25) is 0 Å². The quantitative estimate of drug-likeness (QED) is 0.377. The van der Waals surface area contributed by atoms with Crippen LogP contribution in [0.3, 0.4) is 0 Å². The van der Waals surface area contributed by atoms with E-state index in [1.165, 1.54) is 21.9 Å². The summed E-state index contributed by atoms with van der Waals surface area (Å²) in [6.45, 7) is 4.92. The van der Waals surface area contributed by atoms with E-state index in [2.05, 4.69) is 61.0 Å². The highest BCUT2D eigenvalue weighted by Gasteiger charge is 2.40. The van der Waals surface area contributed by atoms with E-state index in [1.807, 2.05) is 18.2 Å². The highest BCUT2D eigenvalue weighted by molar-refractivity contribution is 7.13. The van der Waals surface area contributed by atoms with Gasteiger partial charge < -0.3 is 19.1 Å². The van der Waals surface area contributed by atoms with Gasteiger partial charge in [-0.15, -0.1) is 11.3 Å². The number of benzene rings is 2. The molecule has 1 atom stereocenters. The van der Waals surface area contributed by atoms with Crippen molar-refractivity contribution in [3.8, 4) is 16.9 Å². The number of anilines is 2. The Labute approximate surface area is 242 Å². The molecule has 2 aromatic heterocycles. The van der Waals surface area contributed by atoms with E-state index in [9.17, 15) is 9.59 Å². The number of hydrogen-bond acceptors (Lipinski definition) is 8. The molecule has 10 nitrogen and oxygen atoms in total. The van der Waals surface area contributed by atoms with Gasteiger partial charge in [0.15, 0.2) is 17.9 Å². The van der Waals surface area contributed by atoms with Gasteiger partial charge in [0, 0.05) is 55.7 Å². The van der Waals surface area contributed by atoms with Gasteiger partial charge in [0.1, 0.15) is 5.75 Å². The molecule has 11 heteroatoms. The molecule has 41 heavy (non-hydrogen) atoms. The molecule has 0 saturated carbocycles. The van der Waals surface area contributed by atoms with E-state index < -0.39 is 6.04 Å². The van der Waals surface area contributed by atoms with E-state index in [1.54, 1.807) is 17.9 Å². The topological polar surface area (TPSA) is 95.8 Å². The van der Waals surface area contributed by atoms with E-state index in [0.717, 1.165) is 62.4 Å². The first-order chi connectivity index (χ1) is 20.0. The minimum Gasteiger partial charge on any atom is -0.472 e. The van der Waals surface area contributed by atoms with Crippen LogP contribution in [-0.2, 0) is 17.8 Å². The van der Waals surface area contributed by atoms with Crippen LogP contribution in [0.4, 0.5) is 10.8 Å². The number of piperazine rings is 1. The second-order valence-corrected chi connectivity index (χ2v) is 11.6. The largest absolute Gasteiger partial charge is 0.472 e. The van der Waals surface area contributed by atoms with Crippen molar-refractivity contribution in [1.29, 1.82) is 0 Å². The van der Waals surface area contributed by atoms with Crippen molar-refractivity contribution in [2.24, 2.45) is 0 Å². The summed E-state index contributed by atoms with van der Waals surface area (Å²) in [6, 6.07) is 13.2. The molecule has 0 radical (unpaired) electrons. The summed E-state index contributed by atoms with van der Waals surface area (Å²) in [6.07, 6.45) is 5.18. The van der Waals surface area contributed by atoms with E-state index in [-0.39, 0.29) is 18.5 Å². The number of rotatable bonds is 6. The number of aryl methyl sites for hydroxylation is 1. The first kappa shape index (κ1) is 25.7. The van der Waals surface area contributed by atoms with Crippen LogP contribution in [0.15, 0.2) is 60.4 Å². The molecule has 210 valence electrons. The molecule has 1 unspecified atom stereocenters. The number of imidazole rings is 1. The number of hydrogen-bond donors (Lipinski definition) is 1. The summed E-state index contributed by atoms with van der Waals surface area (Å²) in [4.78, 5) is 42.7. The van der Waals surface area contributed by atoms with Crippen LogP contribution in [-0.4, -0.2) is 76.1 Å². The minimum absolute atomic E-state index is 0.0485. The standard InChI is InChI=1S/C30H31N7O3S/c1-34-12-14-35(15-13-34)22-7-4-20(5-8-22)21-6-9-25-23(17-21)29(39)37(19-40-25)27(28(38)33-30-31-10-16-41-30)26-24-3-2-11-36(24)18-32-26/h4-10,16-18,27H,2-3,11-15,19H2,1H3,(H,31,33,38). The number of thiazole rings is 1. The molecule has 1 N–H and O–H groups in total. The van der Waals surface area contributed by atoms with Crippen molar-refractivity contribution in [1.82, 2.24) is 24.3 Å². The lowest BCUT2D eigenvalue weighted by molar-refractivity contribution is -0.122. The average Bonchev–Trinajstić information content (AvgIpc) is 3.76. The third-order valence-electron chi connectivity index (χ3n) is 8.17. The highest BCUT2D eigenvalue weighted by Crippen LogP contribution is 2.36. The lowest BCUT2D eigenvalue weighted by Crippen LogP contribution is -2.46. The van der Waals surface area contributed by atoms with Crippen molar-refractivity contribution < 1.29 is 14.3 Å². The molecule has 3 aliphatic rings. The maximum Gasteiger partial charge on any atom is 0.261 e. The smallest absolute Gasteiger partial charge is 0.261 e. The SMILES string of the molecule is CN1CCN(c2ccc(-c3ccc4c(c3)C(=O)N(C(C(=O)Nc3nccs3)c3ncn5c3CCC5)CO4)cc2)CC1. The molecule has 1 fully saturated rings. The van der Waals surface area contributed by atoms with Gasteiger partial charge in [-0.05, 0) is 55.3 Å². The lowest BCUT2D eigenvalue weighted by atomic mass is 9.99. The first-order valence-corrected chi connectivity index (χ1v) is 14.8. The third kappa shape index (κ3) is 4.85. The fourth-order valence-electron chi connectivity index (χ4n) is 5.88. The van der Waals surface area contributed by atoms with Gasteiger partial charge >= 0.3 is 0 Å². The monoisotopic (exact) mass is 569 g/mol. The molecule has 7 rings (SSSR count).